The van der Waals surface area contributed by atoms with Gasteiger partial charge in [0.1, 0.15) is 0 Å². The van der Waals surface area contributed by atoms with E-state index in [0.29, 0.717) is 5.56 Å². The van der Waals surface area contributed by atoms with Crippen LogP contribution in [0.1, 0.15) is 38.8 Å². The molecule has 10 heteroatoms. The third kappa shape index (κ3) is 5.00. The molecule has 10 nitrogen and oxygen atoms in total. The molecule has 0 saturated carbocycles. The Labute approximate surface area is 188 Å². The van der Waals surface area contributed by atoms with Gasteiger partial charge in [-0.3, -0.25) is 28.8 Å². The van der Waals surface area contributed by atoms with Gasteiger partial charge in [-0.15, -0.1) is 0 Å². The number of rotatable bonds is 5. The third-order valence-corrected chi connectivity index (χ3v) is 4.77. The summed E-state index contributed by atoms with van der Waals surface area (Å²) in [5.41, 5.74) is 0.471. The van der Waals surface area contributed by atoms with Gasteiger partial charge in [0.25, 0.3) is 11.6 Å². The number of aryl methyl sites for hydroxylation is 1. The van der Waals surface area contributed by atoms with Crippen LogP contribution in [0.4, 0.5) is 0 Å². The van der Waals surface area contributed by atoms with Crippen molar-refractivity contribution in [2.75, 3.05) is 0 Å². The number of ketones is 2. The summed E-state index contributed by atoms with van der Waals surface area (Å²) in [6, 6.07) is 6.51. The van der Waals surface area contributed by atoms with Crippen LogP contribution in [0.2, 0.25) is 0 Å². The first-order valence-electron chi connectivity index (χ1n) is 9.99. The van der Waals surface area contributed by atoms with Crippen molar-refractivity contribution in [3.63, 3.8) is 0 Å². The van der Waals surface area contributed by atoms with Crippen molar-refractivity contribution in [2.24, 2.45) is 11.8 Å². The summed E-state index contributed by atoms with van der Waals surface area (Å²) in [7, 11) is 0. The zero-order valence-corrected chi connectivity index (χ0v) is 18.6. The molecule has 0 radical (unpaired) electrons. The minimum Gasteiger partial charge on any atom is -0.422 e. The van der Waals surface area contributed by atoms with Crippen LogP contribution in [-0.4, -0.2) is 47.0 Å². The summed E-state index contributed by atoms with van der Waals surface area (Å²) >= 11 is 0. The predicted octanol–water partition coefficient (Wildman–Crippen LogP) is 1.42. The highest BCUT2D eigenvalue weighted by atomic mass is 16.8. The Kier molecular flexibility index (Phi) is 5.97. The second-order valence-electron chi connectivity index (χ2n) is 8.55. The lowest BCUT2D eigenvalue weighted by molar-refractivity contribution is -0.239. The molecule has 174 valence electrons. The molecule has 2 saturated heterocycles. The smallest absolute Gasteiger partial charge is 0.331 e. The van der Waals surface area contributed by atoms with Crippen molar-refractivity contribution in [1.29, 1.82) is 0 Å². The molecule has 2 fully saturated rings. The number of hydrogen-bond donors (Lipinski definition) is 0. The summed E-state index contributed by atoms with van der Waals surface area (Å²) in [6.07, 6.45) is 1.07. The molecular formula is C23H22O10. The van der Waals surface area contributed by atoms with E-state index < -0.39 is 64.4 Å². The van der Waals surface area contributed by atoms with Crippen molar-refractivity contribution in [1.82, 2.24) is 0 Å². The average molecular weight is 458 g/mol. The highest BCUT2D eigenvalue weighted by Gasteiger charge is 2.53. The molecule has 0 unspecified atom stereocenters. The molecule has 1 aromatic carbocycles. The van der Waals surface area contributed by atoms with Crippen molar-refractivity contribution in [3.8, 4) is 0 Å². The summed E-state index contributed by atoms with van der Waals surface area (Å²) in [5.74, 6) is -14.9. The first-order valence-corrected chi connectivity index (χ1v) is 9.99. The van der Waals surface area contributed by atoms with E-state index in [4.69, 9.17) is 18.9 Å². The summed E-state index contributed by atoms with van der Waals surface area (Å²) in [5, 5.41) is 0. The normalized spacial score (nSPS) is 20.2. The lowest BCUT2D eigenvalue weighted by atomic mass is 9.87. The van der Waals surface area contributed by atoms with Gasteiger partial charge in [0, 0.05) is 27.7 Å². The number of cyclic esters (lactones) is 4. The molecule has 2 heterocycles. The van der Waals surface area contributed by atoms with Gasteiger partial charge in [-0.25, -0.2) is 0 Å². The average Bonchev–Trinajstić information content (AvgIpc) is 2.64. The maximum absolute atomic E-state index is 13.2. The molecular weight excluding hydrogens is 436 g/mol. The van der Waals surface area contributed by atoms with Crippen LogP contribution in [-0.2, 0) is 47.7 Å². The fraction of sp³-hybridized carbons (Fsp3) is 0.391. The summed E-state index contributed by atoms with van der Waals surface area (Å²) in [6.45, 7) is 7.01. The monoisotopic (exact) mass is 458 g/mol. The molecule has 0 amide bonds. The minimum atomic E-state index is -2.11. The molecule has 2 aliphatic heterocycles. The number of carbonyl (C=O) groups is 6. The van der Waals surface area contributed by atoms with Crippen LogP contribution >= 0.6 is 0 Å². The third-order valence-electron chi connectivity index (χ3n) is 4.77. The number of hydrogen-bond acceptors (Lipinski definition) is 10. The van der Waals surface area contributed by atoms with E-state index in [1.165, 1.54) is 27.7 Å². The second-order valence-corrected chi connectivity index (χ2v) is 8.55. The summed E-state index contributed by atoms with van der Waals surface area (Å²) < 4.78 is 19.9. The minimum absolute atomic E-state index is 0.341. The van der Waals surface area contributed by atoms with Gasteiger partial charge >= 0.3 is 23.9 Å². The van der Waals surface area contributed by atoms with Crippen LogP contribution in [0, 0.1) is 18.8 Å². The van der Waals surface area contributed by atoms with E-state index in [-0.39, 0.29) is 0 Å². The molecule has 3 rings (SSSR count). The van der Waals surface area contributed by atoms with E-state index in [1.54, 1.807) is 24.3 Å². The number of esters is 4. The predicted molar refractivity (Wildman–Crippen MR) is 109 cm³/mol. The first kappa shape index (κ1) is 23.8. The zero-order chi connectivity index (χ0) is 24.7. The molecule has 2 aliphatic rings. The van der Waals surface area contributed by atoms with Crippen LogP contribution in [0.25, 0.3) is 6.08 Å². The number of ether oxygens (including phenoxy) is 4. The van der Waals surface area contributed by atoms with Gasteiger partial charge in [0.2, 0.25) is 11.8 Å². The Morgan fingerprint density at radius 1 is 0.697 bits per heavy atom. The lowest BCUT2D eigenvalue weighted by Gasteiger charge is -2.33. The quantitative estimate of drug-likeness (QED) is 0.275. The molecule has 0 bridgehead atoms. The van der Waals surface area contributed by atoms with E-state index in [9.17, 15) is 28.8 Å². The number of benzene rings is 1. The largest absolute Gasteiger partial charge is 0.422 e. The van der Waals surface area contributed by atoms with E-state index in [1.807, 2.05) is 6.92 Å². The van der Waals surface area contributed by atoms with Gasteiger partial charge in [-0.05, 0) is 18.6 Å². The maximum Gasteiger partial charge on any atom is 0.331 e. The van der Waals surface area contributed by atoms with Crippen molar-refractivity contribution in [3.05, 3.63) is 41.0 Å². The fourth-order valence-corrected chi connectivity index (χ4v) is 3.27. The highest BCUT2D eigenvalue weighted by molar-refractivity contribution is 6.37. The Hall–Kier alpha value is -3.82. The molecule has 1 aromatic rings. The van der Waals surface area contributed by atoms with Crippen LogP contribution in [0.15, 0.2) is 29.8 Å². The van der Waals surface area contributed by atoms with E-state index in [0.717, 1.165) is 11.6 Å². The van der Waals surface area contributed by atoms with Gasteiger partial charge in [0.05, 0.1) is 5.57 Å². The molecule has 0 atom stereocenters. The fourth-order valence-electron chi connectivity index (χ4n) is 3.27. The molecule has 0 N–H and O–H groups in total. The molecule has 0 aliphatic carbocycles. The van der Waals surface area contributed by atoms with Crippen LogP contribution in [0.5, 0.6) is 0 Å². The molecule has 0 aromatic heterocycles. The second kappa shape index (κ2) is 8.27. The maximum atomic E-state index is 13.2. The van der Waals surface area contributed by atoms with E-state index in [2.05, 4.69) is 0 Å². The Morgan fingerprint density at radius 2 is 1.03 bits per heavy atom. The van der Waals surface area contributed by atoms with Crippen molar-refractivity contribution >= 4 is 41.5 Å². The highest BCUT2D eigenvalue weighted by Crippen LogP contribution is 2.30. The van der Waals surface area contributed by atoms with Crippen LogP contribution < -0.4 is 0 Å². The molecule has 0 spiro atoms. The number of Topliss-reactive ketones (excluding diaryl/α,β-unsaturated/α-hetero) is 2. The SMILES string of the molecule is Cc1ccc(C=C(C(=O)C2C(=O)OC(C)(C)OC2=O)C(=O)C2C(=O)OC(C)(C)OC2=O)cc1. The van der Waals surface area contributed by atoms with Crippen LogP contribution in [0.3, 0.4) is 0 Å². The summed E-state index contributed by atoms with van der Waals surface area (Å²) in [4.78, 5) is 76.1. The van der Waals surface area contributed by atoms with Gasteiger partial charge in [-0.2, -0.15) is 0 Å². The first-order chi connectivity index (χ1) is 15.2. The molecule has 33 heavy (non-hydrogen) atoms. The van der Waals surface area contributed by atoms with Gasteiger partial charge in [0.15, 0.2) is 11.6 Å². The Morgan fingerprint density at radius 3 is 1.36 bits per heavy atom. The lowest BCUT2D eigenvalue weighted by Crippen LogP contribution is -2.52. The Bertz CT molecular complexity index is 989. The van der Waals surface area contributed by atoms with Gasteiger partial charge < -0.3 is 18.9 Å². The zero-order valence-electron chi connectivity index (χ0n) is 18.6. The number of carbonyl (C=O) groups excluding carboxylic acids is 6. The van der Waals surface area contributed by atoms with Crippen molar-refractivity contribution < 1.29 is 47.7 Å². The number of allylic oxidation sites excluding steroid dienone is 1. The topological polar surface area (TPSA) is 139 Å². The van der Waals surface area contributed by atoms with Gasteiger partial charge in [-0.1, -0.05) is 29.8 Å². The Balaban J connectivity index is 2.04. The van der Waals surface area contributed by atoms with E-state index >= 15 is 0 Å². The van der Waals surface area contributed by atoms with Crippen molar-refractivity contribution in [2.45, 2.75) is 46.2 Å². The standard InChI is InChI=1S/C23H22O10/c1-11-6-8-12(9-7-11)10-13(16(24)14-18(26)30-22(2,3)31-19(14)27)17(25)15-20(28)32-23(4,5)33-21(15)29/h6-10,14-15H,1-5H3.